The van der Waals surface area contributed by atoms with Crippen LogP contribution in [0.5, 0.6) is 11.5 Å². The van der Waals surface area contributed by atoms with E-state index in [1.165, 1.54) is 0 Å². The van der Waals surface area contributed by atoms with E-state index in [1.807, 2.05) is 39.5 Å². The summed E-state index contributed by atoms with van der Waals surface area (Å²) in [6.07, 6.45) is 2.60. The number of nitrogens with zero attached hydrogens (tertiary/aromatic N) is 2. The van der Waals surface area contributed by atoms with E-state index < -0.39 is 11.7 Å². The Kier molecular flexibility index (Phi) is 11.0. The van der Waals surface area contributed by atoms with Gasteiger partial charge in [0.25, 0.3) is 5.91 Å². The van der Waals surface area contributed by atoms with Crippen LogP contribution in [0.15, 0.2) is 18.2 Å². The zero-order valence-corrected chi connectivity index (χ0v) is 22.7. The van der Waals surface area contributed by atoms with Gasteiger partial charge in [-0.05, 0) is 65.7 Å². The minimum atomic E-state index is -0.661. The molecule has 1 fully saturated rings. The summed E-state index contributed by atoms with van der Waals surface area (Å²) in [5.74, 6) is 0.885. The number of ether oxygens (including phenoxy) is 4. The van der Waals surface area contributed by atoms with E-state index >= 15 is 0 Å². The molecular weight excluding hydrogens is 464 g/mol. The van der Waals surface area contributed by atoms with E-state index in [9.17, 15) is 14.4 Å². The Morgan fingerprint density at radius 1 is 1.14 bits per heavy atom. The smallest absolute Gasteiger partial charge is 0.410 e. The molecule has 2 atom stereocenters. The van der Waals surface area contributed by atoms with Crippen molar-refractivity contribution in [1.29, 1.82) is 0 Å². The lowest BCUT2D eigenvalue weighted by molar-refractivity contribution is -0.109. The molecule has 1 aliphatic rings. The van der Waals surface area contributed by atoms with Gasteiger partial charge in [0.2, 0.25) is 0 Å². The minimum absolute atomic E-state index is 0.112. The third-order valence-corrected chi connectivity index (χ3v) is 6.02. The quantitative estimate of drug-likeness (QED) is 0.326. The van der Waals surface area contributed by atoms with Crippen LogP contribution < -0.4 is 9.47 Å². The Morgan fingerprint density at radius 3 is 2.44 bits per heavy atom. The first-order valence-corrected chi connectivity index (χ1v) is 12.6. The second kappa shape index (κ2) is 13.5. The Hall–Kier alpha value is -2.81. The Morgan fingerprint density at radius 2 is 1.86 bits per heavy atom. The van der Waals surface area contributed by atoms with Crippen LogP contribution in [-0.4, -0.2) is 85.8 Å². The molecule has 1 aliphatic heterocycles. The molecule has 9 nitrogen and oxygen atoms in total. The monoisotopic (exact) mass is 506 g/mol. The highest BCUT2D eigenvalue weighted by Gasteiger charge is 2.38. The summed E-state index contributed by atoms with van der Waals surface area (Å²) in [6.45, 7) is 10.6. The van der Waals surface area contributed by atoms with E-state index in [-0.39, 0.29) is 30.5 Å². The molecule has 0 radical (unpaired) electrons. The summed E-state index contributed by atoms with van der Waals surface area (Å²) in [5.41, 5.74) is -0.184. The van der Waals surface area contributed by atoms with Crippen molar-refractivity contribution >= 4 is 18.3 Å². The molecule has 0 aliphatic carbocycles. The molecule has 0 saturated carbocycles. The molecule has 0 N–H and O–H groups in total. The van der Waals surface area contributed by atoms with Crippen molar-refractivity contribution in [3.05, 3.63) is 23.8 Å². The molecule has 2 amide bonds. The van der Waals surface area contributed by atoms with Crippen LogP contribution in [0, 0.1) is 0 Å². The second-order valence-corrected chi connectivity index (χ2v) is 10.3. The Bertz CT molecular complexity index is 881. The molecule has 0 spiro atoms. The molecule has 1 saturated heterocycles. The fraction of sp³-hybridized carbons (Fsp3) is 0.667. The number of likely N-dealkylation sites (tertiary alicyclic amines) is 1. The topological polar surface area (TPSA) is 94.6 Å². The molecule has 36 heavy (non-hydrogen) atoms. The fourth-order valence-corrected chi connectivity index (χ4v) is 4.41. The number of piperidine rings is 1. The molecule has 0 bridgehead atoms. The van der Waals surface area contributed by atoms with Gasteiger partial charge < -0.3 is 33.5 Å². The average Bonchev–Trinajstić information content (AvgIpc) is 2.81. The van der Waals surface area contributed by atoms with Gasteiger partial charge in [-0.1, -0.05) is 0 Å². The lowest BCUT2D eigenvalue weighted by atomic mass is 9.94. The van der Waals surface area contributed by atoms with Crippen LogP contribution in [-0.2, 0) is 14.3 Å². The maximum atomic E-state index is 13.7. The van der Waals surface area contributed by atoms with Crippen molar-refractivity contribution in [2.45, 2.75) is 84.0 Å². The second-order valence-electron chi connectivity index (χ2n) is 10.3. The van der Waals surface area contributed by atoms with Gasteiger partial charge in [-0.3, -0.25) is 4.79 Å². The normalized spacial score (nSPS) is 18.1. The molecule has 1 heterocycles. The number of carbonyl (C=O) groups excluding carboxylic acids is 3. The lowest BCUT2D eigenvalue weighted by Gasteiger charge is -2.44. The first-order valence-electron chi connectivity index (χ1n) is 12.6. The molecule has 1 unspecified atom stereocenters. The maximum absolute atomic E-state index is 13.7. The van der Waals surface area contributed by atoms with Crippen LogP contribution in [0.3, 0.4) is 0 Å². The number of amides is 2. The summed E-state index contributed by atoms with van der Waals surface area (Å²) in [6, 6.07) is 4.58. The standard InChI is InChI=1S/C27H42N2O7/c1-19(2)29(22-11-10-21(13-14-30)28(18-22)26(32)36-27(3,4)5)25(31)20-9-12-23(34-7)24(17-20)35-16-8-15-33-6/h9,12,14,17,19,21-22H,8,10-11,13,15-16,18H2,1-7H3/t21-,22?/m1/s1. The Labute approximate surface area is 215 Å². The van der Waals surface area contributed by atoms with Crippen LogP contribution in [0.25, 0.3) is 0 Å². The molecule has 9 heteroatoms. The van der Waals surface area contributed by atoms with Crippen molar-refractivity contribution in [3.63, 3.8) is 0 Å². The SMILES string of the molecule is COCCCOc1cc(C(=O)N(C(C)C)C2CC[C@H](CC=O)N(C(=O)OC(C)(C)C)C2)ccc1OC. The number of methoxy groups -OCH3 is 2. The van der Waals surface area contributed by atoms with Gasteiger partial charge in [0.15, 0.2) is 11.5 Å². The number of benzene rings is 1. The van der Waals surface area contributed by atoms with Gasteiger partial charge >= 0.3 is 6.09 Å². The van der Waals surface area contributed by atoms with Crippen LogP contribution in [0.2, 0.25) is 0 Å². The van der Waals surface area contributed by atoms with Crippen LogP contribution in [0.4, 0.5) is 4.79 Å². The summed E-state index contributed by atoms with van der Waals surface area (Å²) >= 11 is 0. The maximum Gasteiger partial charge on any atom is 0.410 e. The number of carbonyl (C=O) groups is 3. The fourth-order valence-electron chi connectivity index (χ4n) is 4.41. The van der Waals surface area contributed by atoms with Gasteiger partial charge in [0.1, 0.15) is 11.9 Å². The summed E-state index contributed by atoms with van der Waals surface area (Å²) in [4.78, 5) is 41.4. The zero-order valence-electron chi connectivity index (χ0n) is 22.7. The predicted octanol–water partition coefficient (Wildman–Crippen LogP) is 4.32. The highest BCUT2D eigenvalue weighted by molar-refractivity contribution is 5.95. The van der Waals surface area contributed by atoms with Gasteiger partial charge in [-0.25, -0.2) is 4.79 Å². The first-order chi connectivity index (χ1) is 17.0. The summed E-state index contributed by atoms with van der Waals surface area (Å²) in [5, 5.41) is 0. The van der Waals surface area contributed by atoms with Crippen LogP contribution in [0.1, 0.15) is 70.7 Å². The van der Waals surface area contributed by atoms with Crippen molar-refractivity contribution in [1.82, 2.24) is 9.80 Å². The third kappa shape index (κ3) is 8.11. The van der Waals surface area contributed by atoms with E-state index in [0.717, 1.165) is 6.29 Å². The van der Waals surface area contributed by atoms with Crippen molar-refractivity contribution in [2.75, 3.05) is 34.0 Å². The first kappa shape index (κ1) is 29.4. The predicted molar refractivity (Wildman–Crippen MR) is 137 cm³/mol. The molecule has 2 rings (SSSR count). The minimum Gasteiger partial charge on any atom is -0.493 e. The molecule has 0 aromatic heterocycles. The highest BCUT2D eigenvalue weighted by Crippen LogP contribution is 2.31. The number of aldehydes is 1. The number of hydrogen-bond donors (Lipinski definition) is 0. The molecule has 202 valence electrons. The molecular formula is C27H42N2O7. The van der Waals surface area contributed by atoms with Gasteiger partial charge in [-0.15, -0.1) is 0 Å². The van der Waals surface area contributed by atoms with Crippen molar-refractivity contribution < 1.29 is 33.3 Å². The van der Waals surface area contributed by atoms with Crippen molar-refractivity contribution in [3.8, 4) is 11.5 Å². The highest BCUT2D eigenvalue weighted by atomic mass is 16.6. The largest absolute Gasteiger partial charge is 0.493 e. The third-order valence-electron chi connectivity index (χ3n) is 6.02. The van der Waals surface area contributed by atoms with Gasteiger partial charge in [0.05, 0.1) is 19.8 Å². The van der Waals surface area contributed by atoms with Crippen LogP contribution >= 0.6 is 0 Å². The van der Waals surface area contributed by atoms with E-state index in [4.69, 9.17) is 18.9 Å². The number of hydrogen-bond acceptors (Lipinski definition) is 7. The summed E-state index contributed by atoms with van der Waals surface area (Å²) < 4.78 is 22.0. The van der Waals surface area contributed by atoms with E-state index in [2.05, 4.69) is 0 Å². The zero-order chi connectivity index (χ0) is 26.9. The van der Waals surface area contributed by atoms with E-state index in [0.29, 0.717) is 56.1 Å². The molecule has 1 aromatic carbocycles. The number of rotatable bonds is 11. The lowest BCUT2D eigenvalue weighted by Crippen LogP contribution is -2.57. The summed E-state index contributed by atoms with van der Waals surface area (Å²) in [7, 11) is 3.19. The molecule has 1 aromatic rings. The Balaban J connectivity index is 2.28. The van der Waals surface area contributed by atoms with E-state index in [1.54, 1.807) is 37.3 Å². The van der Waals surface area contributed by atoms with Gasteiger partial charge in [-0.2, -0.15) is 0 Å². The van der Waals surface area contributed by atoms with Crippen molar-refractivity contribution in [2.24, 2.45) is 0 Å². The van der Waals surface area contributed by atoms with Gasteiger partial charge in [0, 0.05) is 50.8 Å². The average molecular weight is 507 g/mol.